The first-order valence-corrected chi connectivity index (χ1v) is 6.37. The second kappa shape index (κ2) is 5.49. The van der Waals surface area contributed by atoms with Gasteiger partial charge in [0.25, 0.3) is 0 Å². The van der Waals surface area contributed by atoms with Gasteiger partial charge in [0.2, 0.25) is 0 Å². The van der Waals surface area contributed by atoms with Crippen LogP contribution in [0, 0.1) is 0 Å². The van der Waals surface area contributed by atoms with Gasteiger partial charge in [0.1, 0.15) is 5.76 Å². The summed E-state index contributed by atoms with van der Waals surface area (Å²) in [6, 6.07) is 0. The molecule has 1 unspecified atom stereocenters. The number of hydrogen-bond acceptors (Lipinski definition) is 2. The molecule has 0 saturated heterocycles. The number of ether oxygens (including phenoxy) is 2. The maximum Gasteiger partial charge on any atom is 0.196 e. The van der Waals surface area contributed by atoms with E-state index in [1.807, 2.05) is 11.0 Å². The van der Waals surface area contributed by atoms with Crippen molar-refractivity contribution in [3.8, 4) is 0 Å². The van der Waals surface area contributed by atoms with Gasteiger partial charge in [-0.05, 0) is 24.0 Å². The molecule has 4 heteroatoms. The first kappa shape index (κ1) is 10.8. The molecule has 0 aromatic heterocycles. The third kappa shape index (κ3) is 3.99. The zero-order valence-corrected chi connectivity index (χ0v) is 9.75. The fraction of sp³-hybridized carbons (Fsp3) is 0.444. The fourth-order valence-electron chi connectivity index (χ4n) is 0.875. The van der Waals surface area contributed by atoms with E-state index < -0.39 is 20.7 Å². The SMILES string of the molecule is CCOC(C)OC1=CC(F)=IC=C1. The van der Waals surface area contributed by atoms with Crippen LogP contribution in [0.3, 0.4) is 0 Å². The number of allylic oxidation sites excluding steroid dienone is 2. The van der Waals surface area contributed by atoms with Gasteiger partial charge in [-0.1, -0.05) is 20.7 Å². The van der Waals surface area contributed by atoms with E-state index in [1.165, 1.54) is 6.08 Å². The lowest BCUT2D eigenvalue weighted by Crippen LogP contribution is -2.12. The first-order chi connectivity index (χ1) is 6.22. The molecule has 0 amide bonds. The number of rotatable bonds is 4. The fourth-order valence-corrected chi connectivity index (χ4v) is 2.24. The summed E-state index contributed by atoms with van der Waals surface area (Å²) in [6.45, 7) is 4.28. The Balaban J connectivity index is 2.46. The van der Waals surface area contributed by atoms with Crippen LogP contribution < -0.4 is 0 Å². The lowest BCUT2D eigenvalue weighted by molar-refractivity contribution is -0.0955. The molecule has 74 valence electrons. The molecule has 13 heavy (non-hydrogen) atoms. The third-order valence-electron chi connectivity index (χ3n) is 1.35. The van der Waals surface area contributed by atoms with Crippen molar-refractivity contribution in [3.05, 3.63) is 22.0 Å². The highest BCUT2D eigenvalue weighted by molar-refractivity contribution is 14.2. The van der Waals surface area contributed by atoms with Crippen molar-refractivity contribution in [2.75, 3.05) is 6.61 Å². The summed E-state index contributed by atoms with van der Waals surface area (Å²) in [5, 5.41) is 0. The summed E-state index contributed by atoms with van der Waals surface area (Å²) < 4.78 is 25.0. The molecule has 0 N–H and O–H groups in total. The van der Waals surface area contributed by atoms with Gasteiger partial charge in [0.05, 0.1) is 0 Å². The molecule has 1 aliphatic rings. The van der Waals surface area contributed by atoms with Gasteiger partial charge in [0, 0.05) is 12.7 Å². The second-order valence-electron chi connectivity index (χ2n) is 2.38. The van der Waals surface area contributed by atoms with Gasteiger partial charge in [0.15, 0.2) is 10.1 Å². The van der Waals surface area contributed by atoms with Gasteiger partial charge in [-0.3, -0.25) is 0 Å². The maximum atomic E-state index is 12.8. The lowest BCUT2D eigenvalue weighted by atomic mass is 10.4. The van der Waals surface area contributed by atoms with Crippen LogP contribution in [0.25, 0.3) is 0 Å². The minimum absolute atomic E-state index is 0.0694. The molecule has 1 rings (SSSR count). The van der Waals surface area contributed by atoms with Crippen molar-refractivity contribution < 1.29 is 13.9 Å². The van der Waals surface area contributed by atoms with E-state index in [4.69, 9.17) is 9.47 Å². The van der Waals surface area contributed by atoms with Crippen molar-refractivity contribution in [1.29, 1.82) is 0 Å². The van der Waals surface area contributed by atoms with Crippen LogP contribution in [0.5, 0.6) is 0 Å². The second-order valence-corrected chi connectivity index (χ2v) is 4.75. The highest BCUT2D eigenvalue weighted by Gasteiger charge is 2.06. The average Bonchev–Trinajstić information content (AvgIpc) is 2.04. The van der Waals surface area contributed by atoms with E-state index in [-0.39, 0.29) is 10.1 Å². The van der Waals surface area contributed by atoms with Crippen molar-refractivity contribution >= 4 is 24.5 Å². The third-order valence-corrected chi connectivity index (χ3v) is 2.97. The predicted molar refractivity (Wildman–Crippen MR) is 59.5 cm³/mol. The Kier molecular flexibility index (Phi) is 4.58. The van der Waals surface area contributed by atoms with Crippen molar-refractivity contribution in [3.63, 3.8) is 0 Å². The van der Waals surface area contributed by atoms with Crippen molar-refractivity contribution in [2.24, 2.45) is 0 Å². The number of hydrogen-bond donors (Lipinski definition) is 0. The molecule has 1 heterocycles. The Bertz CT molecular complexity index is 258. The molecule has 0 radical (unpaired) electrons. The molecule has 0 aromatic rings. The zero-order valence-electron chi connectivity index (χ0n) is 7.59. The van der Waals surface area contributed by atoms with Crippen LogP contribution in [-0.2, 0) is 9.47 Å². The topological polar surface area (TPSA) is 18.5 Å². The van der Waals surface area contributed by atoms with Crippen LogP contribution in [0.4, 0.5) is 4.39 Å². The molecule has 1 atom stereocenters. The predicted octanol–water partition coefficient (Wildman–Crippen LogP) is 2.87. The Morgan fingerprint density at radius 1 is 1.62 bits per heavy atom. The summed E-state index contributed by atoms with van der Waals surface area (Å²) in [6.07, 6.45) is 2.92. The van der Waals surface area contributed by atoms with Gasteiger partial charge in [-0.15, -0.1) is 0 Å². The van der Waals surface area contributed by atoms with E-state index >= 15 is 0 Å². The van der Waals surface area contributed by atoms with E-state index in [2.05, 4.69) is 0 Å². The van der Waals surface area contributed by atoms with Crippen molar-refractivity contribution in [1.82, 2.24) is 0 Å². The van der Waals surface area contributed by atoms with Crippen molar-refractivity contribution in [2.45, 2.75) is 20.1 Å². The van der Waals surface area contributed by atoms with Crippen LogP contribution in [-0.4, -0.2) is 16.7 Å². The maximum absolute atomic E-state index is 12.8. The summed E-state index contributed by atoms with van der Waals surface area (Å²) in [5.74, 6) is 0.546. The highest BCUT2D eigenvalue weighted by Crippen LogP contribution is 2.17. The first-order valence-electron chi connectivity index (χ1n) is 4.04. The molecule has 0 bridgehead atoms. The normalized spacial score (nSPS) is 18.4. The molecule has 0 fully saturated rings. The molecule has 0 aliphatic carbocycles. The van der Waals surface area contributed by atoms with E-state index in [0.29, 0.717) is 12.4 Å². The molecule has 2 nitrogen and oxygen atoms in total. The number of halogens is 2. The monoisotopic (exact) mass is 298 g/mol. The summed E-state index contributed by atoms with van der Waals surface area (Å²) >= 11 is -0.537. The van der Waals surface area contributed by atoms with Gasteiger partial charge in [-0.25, -0.2) is 4.39 Å². The van der Waals surface area contributed by atoms with Crippen LogP contribution in [0.1, 0.15) is 13.8 Å². The van der Waals surface area contributed by atoms with E-state index in [1.54, 1.807) is 13.0 Å². The summed E-state index contributed by atoms with van der Waals surface area (Å²) in [4.78, 5) is 0. The Hall–Kier alpha value is -0.230. The summed E-state index contributed by atoms with van der Waals surface area (Å²) in [7, 11) is 0. The Morgan fingerprint density at radius 3 is 3.00 bits per heavy atom. The van der Waals surface area contributed by atoms with Gasteiger partial charge < -0.3 is 9.47 Å². The smallest absolute Gasteiger partial charge is 0.196 e. The van der Waals surface area contributed by atoms with Crippen LogP contribution in [0.15, 0.2) is 22.0 Å². The van der Waals surface area contributed by atoms with Gasteiger partial charge >= 0.3 is 0 Å². The lowest BCUT2D eigenvalue weighted by Gasteiger charge is -2.15. The minimum Gasteiger partial charge on any atom is -0.465 e. The Morgan fingerprint density at radius 2 is 2.38 bits per heavy atom. The minimum atomic E-state index is -0.537. The zero-order chi connectivity index (χ0) is 9.68. The molecule has 0 aromatic carbocycles. The van der Waals surface area contributed by atoms with E-state index in [9.17, 15) is 4.39 Å². The molecular weight excluding hydrogens is 286 g/mol. The molecule has 0 saturated carbocycles. The Labute approximate surface area is 87.2 Å². The van der Waals surface area contributed by atoms with Crippen LogP contribution >= 0.6 is 20.7 Å². The molecular formula is C9H12FIO2. The molecule has 1 aliphatic heterocycles. The highest BCUT2D eigenvalue weighted by atomic mass is 127. The average molecular weight is 298 g/mol. The summed E-state index contributed by atoms with van der Waals surface area (Å²) in [5.41, 5.74) is 0. The van der Waals surface area contributed by atoms with Crippen LogP contribution in [0.2, 0.25) is 0 Å². The largest absolute Gasteiger partial charge is 0.465 e. The van der Waals surface area contributed by atoms with Gasteiger partial charge in [-0.2, -0.15) is 0 Å². The standard InChI is InChI=1S/C9H12FIO2/c1-3-12-7(2)13-8-4-5-11-9(10)6-8/h4-7H,3H2,1-2H3. The van der Waals surface area contributed by atoms with E-state index in [0.717, 1.165) is 0 Å². The molecule has 0 spiro atoms. The quantitative estimate of drug-likeness (QED) is 0.587.